The molecule has 12 rings (SSSR count). The number of aryl methyl sites for hydroxylation is 3. The van der Waals surface area contributed by atoms with Crippen LogP contribution in [-0.2, 0) is 0 Å². The Bertz CT molecular complexity index is 3820. The molecule has 1 aliphatic carbocycles. The van der Waals surface area contributed by atoms with Crippen molar-refractivity contribution in [1.29, 1.82) is 5.26 Å². The first-order valence-corrected chi connectivity index (χ1v) is 23.5. The zero-order valence-corrected chi connectivity index (χ0v) is 38.7. The number of allylic oxidation sites excluding steroid dienone is 4. The molecular weight excluding hydrogens is 825 g/mol. The van der Waals surface area contributed by atoms with E-state index in [1.165, 1.54) is 44.2 Å². The third kappa shape index (κ3) is 7.03. The zero-order valence-electron chi connectivity index (χ0n) is 38.7. The third-order valence-corrected chi connectivity index (χ3v) is 14.1. The van der Waals surface area contributed by atoms with Crippen molar-refractivity contribution < 1.29 is 0 Å². The largest absolute Gasteiger partial charge is 0.307 e. The van der Waals surface area contributed by atoms with Crippen molar-refractivity contribution in [2.24, 2.45) is 0 Å². The maximum atomic E-state index is 10.4. The lowest BCUT2D eigenvalue weighted by molar-refractivity contribution is 0.977. The van der Waals surface area contributed by atoms with Crippen molar-refractivity contribution >= 4 is 49.2 Å². The van der Waals surface area contributed by atoms with E-state index in [0.29, 0.717) is 5.56 Å². The van der Waals surface area contributed by atoms with Crippen LogP contribution < -0.4 is 0 Å². The Balaban J connectivity index is 1.21. The molecule has 3 aromatic heterocycles. The van der Waals surface area contributed by atoms with E-state index in [-0.39, 0.29) is 0 Å². The highest BCUT2D eigenvalue weighted by Gasteiger charge is 2.24. The Morgan fingerprint density at radius 3 is 1.24 bits per heavy atom. The minimum absolute atomic E-state index is 0.598. The van der Waals surface area contributed by atoms with Gasteiger partial charge in [0.25, 0.3) is 0 Å². The van der Waals surface area contributed by atoms with Crippen LogP contribution in [0, 0.1) is 32.1 Å². The molecule has 0 spiro atoms. The third-order valence-electron chi connectivity index (χ3n) is 14.1. The lowest BCUT2D eigenvalue weighted by atomic mass is 9.93. The van der Waals surface area contributed by atoms with Crippen molar-refractivity contribution in [1.82, 2.24) is 14.1 Å². The lowest BCUT2D eigenvalue weighted by Crippen LogP contribution is -2.05. The predicted octanol–water partition coefficient (Wildman–Crippen LogP) is 16.9. The number of nitrogens with zero attached hydrogens (tertiary/aromatic N) is 4. The Hall–Kier alpha value is -8.52. The van der Waals surface area contributed by atoms with Gasteiger partial charge >= 0.3 is 0 Å². The highest BCUT2D eigenvalue weighted by Crippen LogP contribution is 2.44. The van der Waals surface area contributed by atoms with Crippen molar-refractivity contribution in [3.05, 3.63) is 228 Å². The molecule has 0 atom stereocenters. The summed E-state index contributed by atoms with van der Waals surface area (Å²) in [5.74, 6) is 0. The molecule has 1 aliphatic rings. The molecule has 0 aliphatic heterocycles. The van der Waals surface area contributed by atoms with Gasteiger partial charge in [-0.3, -0.25) is 4.98 Å². The average Bonchev–Trinajstić information content (AvgIpc) is 3.88. The first kappa shape index (κ1) is 40.9. The monoisotopic (exact) mass is 872 g/mol. The van der Waals surface area contributed by atoms with Crippen LogP contribution in [0.25, 0.3) is 105 Å². The molecular formula is C64H48N4. The fraction of sp³-hybridized carbons (Fsp3) is 0.0938. The topological polar surface area (TPSA) is 46.5 Å². The summed E-state index contributed by atoms with van der Waals surface area (Å²) in [7, 11) is 0. The van der Waals surface area contributed by atoms with Crippen LogP contribution in [0.5, 0.6) is 0 Å². The zero-order chi connectivity index (χ0) is 46.0. The SMILES string of the molecule is CC1=CC=C(c2ccc3c4ccc(-c5ccc(C)cc5)cc4n(-c4cncc(-n5c6cc(-c7ccc(C)cc7)ccc6c6ccc(-c7ccc(C)cc7)cc65)c4-c4cccc(C#N)c4)c3c2)CC1. The number of hydrogen-bond donors (Lipinski definition) is 0. The smallest absolute Gasteiger partial charge is 0.0991 e. The Morgan fingerprint density at radius 2 is 0.824 bits per heavy atom. The van der Waals surface area contributed by atoms with Gasteiger partial charge in [-0.15, -0.1) is 0 Å². The number of aromatic nitrogens is 3. The van der Waals surface area contributed by atoms with Gasteiger partial charge in [-0.2, -0.15) is 5.26 Å². The minimum atomic E-state index is 0.598. The van der Waals surface area contributed by atoms with Gasteiger partial charge in [0.15, 0.2) is 0 Å². The molecule has 0 fully saturated rings. The standard InChI is InChI=1S/C64H48N4/c1-40-8-16-45(17-9-40)49-24-28-54-55-29-25-50(46-18-10-41(2)11-19-46)34-59(55)67(58(54)33-49)62-38-66-39-63(64(62)53-7-5-6-44(32-53)37-65)68-60-35-51(47-20-12-42(3)13-21-47)26-30-56(60)57-31-27-52(36-61(57)68)48-22-14-43(4)15-23-48/h5-14,16-22,24-36,38-39H,15,23H2,1-4H3. The summed E-state index contributed by atoms with van der Waals surface area (Å²) in [4.78, 5) is 5.22. The first-order chi connectivity index (χ1) is 33.3. The summed E-state index contributed by atoms with van der Waals surface area (Å²) in [5, 5.41) is 15.1. The van der Waals surface area contributed by atoms with Crippen LogP contribution in [-0.4, -0.2) is 14.1 Å². The molecule has 0 amide bonds. The van der Waals surface area contributed by atoms with E-state index in [0.717, 1.165) is 102 Å². The van der Waals surface area contributed by atoms with Crippen molar-refractivity contribution in [2.75, 3.05) is 0 Å². The Labute approximate surface area is 397 Å². The molecule has 68 heavy (non-hydrogen) atoms. The van der Waals surface area contributed by atoms with Gasteiger partial charge in [0.1, 0.15) is 0 Å². The molecule has 0 unspecified atom stereocenters. The molecule has 0 N–H and O–H groups in total. The number of pyridine rings is 1. The van der Waals surface area contributed by atoms with Crippen LogP contribution >= 0.6 is 0 Å². The van der Waals surface area contributed by atoms with Gasteiger partial charge < -0.3 is 9.13 Å². The number of nitriles is 1. The van der Waals surface area contributed by atoms with Crippen molar-refractivity contribution in [3.8, 4) is 62.0 Å². The Morgan fingerprint density at radius 1 is 0.412 bits per heavy atom. The van der Waals surface area contributed by atoms with Gasteiger partial charge in [0.05, 0.1) is 57.5 Å². The Kier molecular flexibility index (Phi) is 9.89. The van der Waals surface area contributed by atoms with E-state index in [9.17, 15) is 5.26 Å². The summed E-state index contributed by atoms with van der Waals surface area (Å²) < 4.78 is 4.86. The summed E-state index contributed by atoms with van der Waals surface area (Å²) in [5.41, 5.74) is 23.3. The number of fused-ring (bicyclic) bond motifs is 6. The quantitative estimate of drug-likeness (QED) is 0.160. The van der Waals surface area contributed by atoms with Gasteiger partial charge in [0, 0.05) is 27.1 Å². The molecule has 0 bridgehead atoms. The summed E-state index contributed by atoms with van der Waals surface area (Å²) in [6.45, 7) is 8.61. The molecule has 0 saturated heterocycles. The van der Waals surface area contributed by atoms with E-state index in [2.05, 4.69) is 207 Å². The molecule has 0 radical (unpaired) electrons. The highest BCUT2D eigenvalue weighted by atomic mass is 15.0. The maximum absolute atomic E-state index is 10.4. The molecule has 0 saturated carbocycles. The summed E-state index contributed by atoms with van der Waals surface area (Å²) in [6, 6.07) is 64.5. The van der Waals surface area contributed by atoms with E-state index in [1.54, 1.807) is 0 Å². The number of hydrogen-bond acceptors (Lipinski definition) is 2. The number of benzene rings is 8. The fourth-order valence-electron chi connectivity index (χ4n) is 10.3. The van der Waals surface area contributed by atoms with Crippen molar-refractivity contribution in [3.63, 3.8) is 0 Å². The second kappa shape index (κ2) is 16.4. The van der Waals surface area contributed by atoms with Crippen molar-refractivity contribution in [2.45, 2.75) is 40.5 Å². The first-order valence-electron chi connectivity index (χ1n) is 23.5. The summed E-state index contributed by atoms with van der Waals surface area (Å²) in [6.07, 6.45) is 10.7. The molecule has 324 valence electrons. The highest BCUT2D eigenvalue weighted by molar-refractivity contribution is 6.14. The second-order valence-corrected chi connectivity index (χ2v) is 18.6. The average molecular weight is 873 g/mol. The summed E-state index contributed by atoms with van der Waals surface area (Å²) >= 11 is 0. The van der Waals surface area contributed by atoms with Gasteiger partial charge in [-0.25, -0.2) is 0 Å². The van der Waals surface area contributed by atoms with Gasteiger partial charge in [-0.1, -0.05) is 168 Å². The van der Waals surface area contributed by atoms with E-state index < -0.39 is 0 Å². The van der Waals surface area contributed by atoms with Crippen LogP contribution in [0.2, 0.25) is 0 Å². The molecule has 4 heteroatoms. The van der Waals surface area contributed by atoms with E-state index >= 15 is 0 Å². The van der Waals surface area contributed by atoms with Crippen LogP contribution in [0.1, 0.15) is 47.6 Å². The van der Waals surface area contributed by atoms with Gasteiger partial charge in [0.2, 0.25) is 0 Å². The van der Waals surface area contributed by atoms with Crippen LogP contribution in [0.3, 0.4) is 0 Å². The second-order valence-electron chi connectivity index (χ2n) is 18.6. The maximum Gasteiger partial charge on any atom is 0.0991 e. The van der Waals surface area contributed by atoms with Crippen LogP contribution in [0.4, 0.5) is 0 Å². The van der Waals surface area contributed by atoms with E-state index in [4.69, 9.17) is 4.98 Å². The predicted molar refractivity (Wildman–Crippen MR) is 285 cm³/mol. The molecule has 3 heterocycles. The molecule has 11 aromatic rings. The molecule has 4 nitrogen and oxygen atoms in total. The number of rotatable bonds is 7. The van der Waals surface area contributed by atoms with Crippen LogP contribution in [0.15, 0.2) is 200 Å². The minimum Gasteiger partial charge on any atom is -0.307 e. The van der Waals surface area contributed by atoms with E-state index in [1.807, 2.05) is 30.6 Å². The normalized spacial score (nSPS) is 12.8. The lowest BCUT2D eigenvalue weighted by Gasteiger charge is -2.20. The molecule has 8 aromatic carbocycles. The fourth-order valence-corrected chi connectivity index (χ4v) is 10.3. The van der Waals surface area contributed by atoms with Gasteiger partial charge in [-0.05, 0) is 127 Å².